The van der Waals surface area contributed by atoms with Gasteiger partial charge in [0.1, 0.15) is 11.3 Å². The second-order valence-corrected chi connectivity index (χ2v) is 7.89. The van der Waals surface area contributed by atoms with E-state index in [2.05, 4.69) is 0 Å². The summed E-state index contributed by atoms with van der Waals surface area (Å²) in [5, 5.41) is 9.85. The summed E-state index contributed by atoms with van der Waals surface area (Å²) in [5.41, 5.74) is 2.63. The first-order chi connectivity index (χ1) is 13.9. The molecule has 0 fully saturated rings. The van der Waals surface area contributed by atoms with Crippen LogP contribution in [0.5, 0.6) is 0 Å². The van der Waals surface area contributed by atoms with E-state index in [0.29, 0.717) is 0 Å². The van der Waals surface area contributed by atoms with Crippen molar-refractivity contribution in [3.63, 3.8) is 0 Å². The maximum Gasteiger partial charge on any atom is 0.211 e. The van der Waals surface area contributed by atoms with Gasteiger partial charge in [-0.25, -0.2) is 9.67 Å². The van der Waals surface area contributed by atoms with Crippen LogP contribution >= 0.6 is 22.7 Å². The average molecular weight is 402 g/mol. The highest BCUT2D eigenvalue weighted by Crippen LogP contribution is 2.28. The predicted octanol–water partition coefficient (Wildman–Crippen LogP) is 6.14. The van der Waals surface area contributed by atoms with E-state index in [4.69, 9.17) is 14.5 Å². The van der Waals surface area contributed by atoms with Gasteiger partial charge < -0.3 is 4.42 Å². The van der Waals surface area contributed by atoms with Gasteiger partial charge in [-0.2, -0.15) is 5.10 Å². The van der Waals surface area contributed by atoms with E-state index in [1.807, 2.05) is 94.4 Å². The molecule has 0 saturated carbocycles. The van der Waals surface area contributed by atoms with Crippen LogP contribution in [0.15, 0.2) is 98.1 Å². The summed E-state index contributed by atoms with van der Waals surface area (Å²) in [6, 6.07) is 24.0. The molecule has 5 rings (SSSR count). The SMILES string of the molecule is C(=Nn1c(-c2cc3ccccc3o2)csc1=Nc1ccccc1)c1cccs1. The monoisotopic (exact) mass is 401 g/mol. The molecule has 6 heteroatoms. The fourth-order valence-electron chi connectivity index (χ4n) is 2.86. The van der Waals surface area contributed by atoms with Crippen LogP contribution in [0.2, 0.25) is 0 Å². The van der Waals surface area contributed by atoms with Crippen molar-refractivity contribution in [1.29, 1.82) is 0 Å². The van der Waals surface area contributed by atoms with Crippen LogP contribution < -0.4 is 4.80 Å². The zero-order valence-electron chi connectivity index (χ0n) is 14.7. The van der Waals surface area contributed by atoms with Crippen LogP contribution in [-0.4, -0.2) is 10.9 Å². The lowest BCUT2D eigenvalue weighted by Crippen LogP contribution is -2.11. The van der Waals surface area contributed by atoms with Crippen molar-refractivity contribution in [2.75, 3.05) is 0 Å². The lowest BCUT2D eigenvalue weighted by Gasteiger charge is -2.00. The number of thiophene rings is 1. The first-order valence-electron chi connectivity index (χ1n) is 8.74. The summed E-state index contributed by atoms with van der Waals surface area (Å²) >= 11 is 3.19. The van der Waals surface area contributed by atoms with Crippen LogP contribution in [0.3, 0.4) is 0 Å². The van der Waals surface area contributed by atoms with Crippen molar-refractivity contribution < 1.29 is 4.42 Å². The second-order valence-electron chi connectivity index (χ2n) is 6.07. The fourth-order valence-corrected chi connectivity index (χ4v) is 4.28. The van der Waals surface area contributed by atoms with Gasteiger partial charge in [-0.1, -0.05) is 42.5 Å². The van der Waals surface area contributed by atoms with Crippen molar-refractivity contribution in [3.05, 3.63) is 93.2 Å². The number of aromatic nitrogens is 1. The minimum absolute atomic E-state index is 0.773. The molecule has 2 aromatic carbocycles. The summed E-state index contributed by atoms with van der Waals surface area (Å²) < 4.78 is 7.91. The summed E-state index contributed by atoms with van der Waals surface area (Å²) in [4.78, 5) is 6.64. The van der Waals surface area contributed by atoms with Crippen LogP contribution in [0.1, 0.15) is 4.88 Å². The van der Waals surface area contributed by atoms with Crippen LogP contribution in [0, 0.1) is 0 Å². The zero-order valence-corrected chi connectivity index (χ0v) is 16.4. The van der Waals surface area contributed by atoms with Crippen molar-refractivity contribution in [3.8, 4) is 11.5 Å². The fraction of sp³-hybridized carbons (Fsp3) is 0. The number of furan rings is 1. The van der Waals surface area contributed by atoms with Crippen molar-refractivity contribution in [2.45, 2.75) is 0 Å². The van der Waals surface area contributed by atoms with E-state index in [-0.39, 0.29) is 0 Å². The van der Waals surface area contributed by atoms with E-state index in [1.165, 1.54) is 11.3 Å². The van der Waals surface area contributed by atoms with E-state index in [9.17, 15) is 0 Å². The minimum Gasteiger partial charge on any atom is -0.454 e. The number of rotatable bonds is 4. The number of benzene rings is 2. The molecule has 0 bridgehead atoms. The lowest BCUT2D eigenvalue weighted by atomic mass is 10.2. The number of fused-ring (bicyclic) bond motifs is 1. The van der Waals surface area contributed by atoms with E-state index < -0.39 is 0 Å². The summed E-state index contributed by atoms with van der Waals surface area (Å²) in [5.74, 6) is 0.773. The van der Waals surface area contributed by atoms with Gasteiger partial charge in [-0.3, -0.25) is 0 Å². The Labute approximate surface area is 169 Å². The normalized spacial score (nSPS) is 12.4. The van der Waals surface area contributed by atoms with Gasteiger partial charge in [0, 0.05) is 15.6 Å². The summed E-state index contributed by atoms with van der Waals surface area (Å²) in [6.07, 6.45) is 1.85. The molecule has 0 aliphatic rings. The first kappa shape index (κ1) is 16.9. The third kappa shape index (κ3) is 3.35. The molecule has 0 aliphatic carbocycles. The number of nitrogens with zero attached hydrogens (tertiary/aromatic N) is 3. The quantitative estimate of drug-likeness (QED) is 0.334. The molecule has 0 atom stereocenters. The third-order valence-corrected chi connectivity index (χ3v) is 5.81. The molecule has 0 unspecified atom stereocenters. The molecular formula is C22H15N3OS2. The summed E-state index contributed by atoms with van der Waals surface area (Å²) in [7, 11) is 0. The van der Waals surface area contributed by atoms with Gasteiger partial charge in [0.15, 0.2) is 5.76 Å². The first-order valence-corrected chi connectivity index (χ1v) is 10.5. The lowest BCUT2D eigenvalue weighted by molar-refractivity contribution is 0.622. The highest BCUT2D eigenvalue weighted by molar-refractivity contribution is 7.11. The third-order valence-electron chi connectivity index (χ3n) is 4.19. The molecule has 0 radical (unpaired) electrons. The number of hydrogen-bond donors (Lipinski definition) is 0. The van der Waals surface area contributed by atoms with Gasteiger partial charge >= 0.3 is 0 Å². The van der Waals surface area contributed by atoms with Gasteiger partial charge in [0.25, 0.3) is 0 Å². The van der Waals surface area contributed by atoms with Gasteiger partial charge in [-0.05, 0) is 35.7 Å². The number of para-hydroxylation sites is 2. The van der Waals surface area contributed by atoms with Crippen molar-refractivity contribution >= 4 is 45.5 Å². The van der Waals surface area contributed by atoms with Crippen molar-refractivity contribution in [1.82, 2.24) is 4.68 Å². The van der Waals surface area contributed by atoms with Gasteiger partial charge in [0.2, 0.25) is 4.80 Å². The highest BCUT2D eigenvalue weighted by atomic mass is 32.1. The van der Waals surface area contributed by atoms with Gasteiger partial charge in [-0.15, -0.1) is 22.7 Å². The molecule has 0 aliphatic heterocycles. The van der Waals surface area contributed by atoms with E-state index >= 15 is 0 Å². The zero-order chi connectivity index (χ0) is 18.8. The van der Waals surface area contributed by atoms with Crippen LogP contribution in [0.4, 0.5) is 5.69 Å². The molecule has 4 nitrogen and oxygen atoms in total. The smallest absolute Gasteiger partial charge is 0.211 e. The Bertz CT molecular complexity index is 1280. The summed E-state index contributed by atoms with van der Waals surface area (Å²) in [6.45, 7) is 0. The Morgan fingerprint density at radius 2 is 1.75 bits per heavy atom. The van der Waals surface area contributed by atoms with E-state index in [1.54, 1.807) is 11.3 Å². The van der Waals surface area contributed by atoms with E-state index in [0.717, 1.165) is 37.8 Å². The molecular weight excluding hydrogens is 386 g/mol. The minimum atomic E-state index is 0.773. The molecule has 136 valence electrons. The largest absolute Gasteiger partial charge is 0.454 e. The maximum absolute atomic E-state index is 6.07. The Balaban J connectivity index is 1.67. The van der Waals surface area contributed by atoms with Crippen molar-refractivity contribution in [2.24, 2.45) is 10.1 Å². The molecule has 28 heavy (non-hydrogen) atoms. The molecule has 0 saturated heterocycles. The average Bonchev–Trinajstić information content (AvgIpc) is 3.46. The Kier molecular flexibility index (Phi) is 4.48. The Morgan fingerprint density at radius 1 is 0.893 bits per heavy atom. The molecule has 0 amide bonds. The van der Waals surface area contributed by atoms with Crippen LogP contribution in [0.25, 0.3) is 22.4 Å². The molecule has 5 aromatic rings. The second kappa shape index (κ2) is 7.42. The van der Waals surface area contributed by atoms with Gasteiger partial charge in [0.05, 0.1) is 11.9 Å². The molecule has 3 heterocycles. The molecule has 0 N–H and O–H groups in total. The topological polar surface area (TPSA) is 42.8 Å². The van der Waals surface area contributed by atoms with Crippen LogP contribution in [-0.2, 0) is 0 Å². The number of thiazole rings is 1. The number of hydrogen-bond acceptors (Lipinski definition) is 5. The Morgan fingerprint density at radius 3 is 2.57 bits per heavy atom. The maximum atomic E-state index is 6.07. The standard InChI is InChI=1S/C22H15N3OS2/c1-2-8-17(9-3-1)24-22-25(23-14-18-10-6-12-27-18)19(15-28-22)21-13-16-7-4-5-11-20(16)26-21/h1-15H. The highest BCUT2D eigenvalue weighted by Gasteiger charge is 2.12. The Hall–Kier alpha value is -3.22. The predicted molar refractivity (Wildman–Crippen MR) is 116 cm³/mol. The molecule has 3 aromatic heterocycles. The molecule has 0 spiro atoms.